The molecule has 0 aromatic heterocycles. The van der Waals surface area contributed by atoms with Crippen molar-refractivity contribution < 1.29 is 9.53 Å². The van der Waals surface area contributed by atoms with Crippen molar-refractivity contribution in [3.05, 3.63) is 24.3 Å². The van der Waals surface area contributed by atoms with E-state index in [2.05, 4.69) is 20.8 Å². The number of nitrogens with two attached hydrogens (primary N) is 1. The molecule has 0 saturated heterocycles. The second-order valence-corrected chi connectivity index (χ2v) is 3.33. The fourth-order valence-corrected chi connectivity index (χ4v) is 1.26. The number of methoxy groups -OCH3 is 1. The number of benzene rings is 1. The van der Waals surface area contributed by atoms with Gasteiger partial charge in [0.1, 0.15) is 5.75 Å². The molecule has 0 radical (unpaired) electrons. The summed E-state index contributed by atoms with van der Waals surface area (Å²) >= 11 is 0. The van der Waals surface area contributed by atoms with E-state index < -0.39 is 6.04 Å². The van der Waals surface area contributed by atoms with Gasteiger partial charge in [-0.2, -0.15) is 15.3 Å². The van der Waals surface area contributed by atoms with Crippen LogP contribution in [0.15, 0.2) is 39.6 Å². The Hall–Kier alpha value is -2.44. The maximum Gasteiger partial charge on any atom is 0.274 e. The Bertz CT molecular complexity index is 480. The summed E-state index contributed by atoms with van der Waals surface area (Å²) in [4.78, 5) is 11.2. The van der Waals surface area contributed by atoms with Gasteiger partial charge < -0.3 is 10.5 Å². The summed E-state index contributed by atoms with van der Waals surface area (Å²) in [6, 6.07) is 6.11. The predicted molar refractivity (Wildman–Crippen MR) is 61.1 cm³/mol. The van der Waals surface area contributed by atoms with Gasteiger partial charge in [-0.05, 0) is 24.3 Å². The maximum absolute atomic E-state index is 11.2. The van der Waals surface area contributed by atoms with Gasteiger partial charge in [-0.1, -0.05) is 0 Å². The first-order valence-corrected chi connectivity index (χ1v) is 4.88. The number of rotatable bonds is 3. The molecule has 0 saturated carbocycles. The van der Waals surface area contributed by atoms with E-state index in [4.69, 9.17) is 10.5 Å². The molecule has 2 rings (SSSR count). The summed E-state index contributed by atoms with van der Waals surface area (Å²) in [7, 11) is 1.58. The molecule has 7 heteroatoms. The Morgan fingerprint density at radius 2 is 2.12 bits per heavy atom. The van der Waals surface area contributed by atoms with Crippen molar-refractivity contribution in [2.24, 2.45) is 21.1 Å². The molecule has 0 aliphatic carbocycles. The van der Waals surface area contributed by atoms with E-state index in [1.54, 1.807) is 31.4 Å². The Kier molecular flexibility index (Phi) is 2.99. The van der Waals surface area contributed by atoms with Gasteiger partial charge in [-0.15, -0.1) is 0 Å². The fourth-order valence-electron chi connectivity index (χ4n) is 1.26. The van der Waals surface area contributed by atoms with E-state index >= 15 is 0 Å². The SMILES string of the molecule is COc1ccc(/N=N/C2C(=O)NN=C2N)cc1. The summed E-state index contributed by atoms with van der Waals surface area (Å²) in [5.41, 5.74) is 8.31. The number of carbonyl (C=O) groups excluding carboxylic acids is 1. The van der Waals surface area contributed by atoms with Gasteiger partial charge in [0.05, 0.1) is 12.8 Å². The van der Waals surface area contributed by atoms with Gasteiger partial charge in [0.15, 0.2) is 5.84 Å². The highest BCUT2D eigenvalue weighted by Crippen LogP contribution is 2.18. The highest BCUT2D eigenvalue weighted by Gasteiger charge is 2.27. The topological polar surface area (TPSA) is 101 Å². The van der Waals surface area contributed by atoms with E-state index in [1.165, 1.54) is 0 Å². The average molecular weight is 233 g/mol. The van der Waals surface area contributed by atoms with E-state index in [0.717, 1.165) is 5.75 Å². The summed E-state index contributed by atoms with van der Waals surface area (Å²) < 4.78 is 5.01. The van der Waals surface area contributed by atoms with E-state index in [1.807, 2.05) is 0 Å². The van der Waals surface area contributed by atoms with Crippen molar-refractivity contribution in [1.29, 1.82) is 0 Å². The van der Waals surface area contributed by atoms with Gasteiger partial charge in [-0.3, -0.25) is 4.79 Å². The van der Waals surface area contributed by atoms with Gasteiger partial charge in [0.2, 0.25) is 6.04 Å². The van der Waals surface area contributed by atoms with Crippen LogP contribution in [0.5, 0.6) is 5.75 Å². The van der Waals surface area contributed by atoms with Crippen LogP contribution in [0.4, 0.5) is 5.69 Å². The number of amidine groups is 1. The largest absolute Gasteiger partial charge is 0.497 e. The van der Waals surface area contributed by atoms with Crippen LogP contribution < -0.4 is 15.9 Å². The van der Waals surface area contributed by atoms with Crippen molar-refractivity contribution in [2.45, 2.75) is 6.04 Å². The van der Waals surface area contributed by atoms with Crippen LogP contribution in [-0.2, 0) is 4.79 Å². The Balaban J connectivity index is 2.09. The molecule has 1 amide bonds. The number of nitrogens with zero attached hydrogens (tertiary/aromatic N) is 3. The molecule has 88 valence electrons. The van der Waals surface area contributed by atoms with Crippen LogP contribution in [0.2, 0.25) is 0 Å². The van der Waals surface area contributed by atoms with Crippen molar-refractivity contribution in [2.75, 3.05) is 7.11 Å². The lowest BCUT2D eigenvalue weighted by Gasteiger charge is -2.00. The zero-order chi connectivity index (χ0) is 12.3. The van der Waals surface area contributed by atoms with E-state index in [-0.39, 0.29) is 11.7 Å². The lowest BCUT2D eigenvalue weighted by atomic mass is 10.3. The number of azo groups is 1. The van der Waals surface area contributed by atoms with Crippen LogP contribution in [0.3, 0.4) is 0 Å². The third-order valence-electron chi connectivity index (χ3n) is 2.18. The summed E-state index contributed by atoms with van der Waals surface area (Å²) in [6.45, 7) is 0. The highest BCUT2D eigenvalue weighted by molar-refractivity contribution is 6.10. The molecule has 1 atom stereocenters. The number of carbonyl (C=O) groups is 1. The van der Waals surface area contributed by atoms with Crippen molar-refractivity contribution in [3.8, 4) is 5.75 Å². The molecule has 1 aliphatic heterocycles. The number of nitrogens with one attached hydrogen (secondary N) is 1. The lowest BCUT2D eigenvalue weighted by Crippen LogP contribution is -2.31. The number of ether oxygens (including phenoxy) is 1. The molecule has 0 bridgehead atoms. The van der Waals surface area contributed by atoms with Crippen LogP contribution in [0.25, 0.3) is 0 Å². The molecular formula is C10H11N5O2. The molecule has 7 nitrogen and oxygen atoms in total. The zero-order valence-corrected chi connectivity index (χ0v) is 9.12. The van der Waals surface area contributed by atoms with Gasteiger partial charge in [-0.25, -0.2) is 5.43 Å². The second kappa shape index (κ2) is 4.60. The molecule has 1 aromatic rings. The fraction of sp³-hybridized carbons (Fsp3) is 0.200. The van der Waals surface area contributed by atoms with Crippen LogP contribution >= 0.6 is 0 Å². The monoisotopic (exact) mass is 233 g/mol. The minimum atomic E-state index is -0.836. The van der Waals surface area contributed by atoms with Crippen LogP contribution in [0.1, 0.15) is 0 Å². The minimum Gasteiger partial charge on any atom is -0.497 e. The number of amides is 1. The first-order chi connectivity index (χ1) is 8.20. The summed E-state index contributed by atoms with van der Waals surface area (Å²) in [6.07, 6.45) is 0. The molecule has 1 aromatic carbocycles. The van der Waals surface area contributed by atoms with Crippen molar-refractivity contribution in [1.82, 2.24) is 5.43 Å². The first-order valence-electron chi connectivity index (χ1n) is 4.88. The minimum absolute atomic E-state index is 0.118. The van der Waals surface area contributed by atoms with Crippen molar-refractivity contribution in [3.63, 3.8) is 0 Å². The molecular weight excluding hydrogens is 222 g/mol. The molecule has 17 heavy (non-hydrogen) atoms. The molecule has 1 aliphatic rings. The molecule has 3 N–H and O–H groups in total. The van der Waals surface area contributed by atoms with Gasteiger partial charge in [0.25, 0.3) is 5.91 Å². The van der Waals surface area contributed by atoms with Gasteiger partial charge in [0, 0.05) is 0 Å². The maximum atomic E-state index is 11.2. The standard InChI is InChI=1S/C10H11N5O2/c1-17-7-4-2-6(3-5-7)12-13-8-9(11)14-15-10(8)16/h2-5,8H,1H3,(H2,11,14)(H,15,16)/b13-12+. The van der Waals surface area contributed by atoms with E-state index in [9.17, 15) is 4.79 Å². The molecule has 0 fully saturated rings. The first kappa shape index (κ1) is 11.1. The highest BCUT2D eigenvalue weighted by atomic mass is 16.5. The summed E-state index contributed by atoms with van der Waals surface area (Å²) in [5.74, 6) is 0.468. The smallest absolute Gasteiger partial charge is 0.274 e. The predicted octanol–water partition coefficient (Wildman–Crippen LogP) is 0.549. The number of hydrogen-bond acceptors (Lipinski definition) is 6. The third kappa shape index (κ3) is 2.39. The lowest BCUT2D eigenvalue weighted by molar-refractivity contribution is -0.120. The van der Waals surface area contributed by atoms with Gasteiger partial charge >= 0.3 is 0 Å². The molecule has 1 heterocycles. The third-order valence-corrected chi connectivity index (χ3v) is 2.18. The Morgan fingerprint density at radius 3 is 2.65 bits per heavy atom. The average Bonchev–Trinajstić information content (AvgIpc) is 2.67. The number of hydrogen-bond donors (Lipinski definition) is 2. The second-order valence-electron chi connectivity index (χ2n) is 3.33. The van der Waals surface area contributed by atoms with Crippen LogP contribution in [-0.4, -0.2) is 24.9 Å². The molecule has 1 unspecified atom stereocenters. The summed E-state index contributed by atoms with van der Waals surface area (Å²) in [5, 5.41) is 11.3. The normalized spacial score (nSPS) is 19.2. The van der Waals surface area contributed by atoms with Crippen molar-refractivity contribution >= 4 is 17.4 Å². The zero-order valence-electron chi connectivity index (χ0n) is 9.12. The molecule has 0 spiro atoms. The Labute approximate surface area is 97.4 Å². The van der Waals surface area contributed by atoms with E-state index in [0.29, 0.717) is 5.69 Å². The quantitative estimate of drug-likeness (QED) is 0.745. The van der Waals surface area contributed by atoms with Crippen LogP contribution in [0, 0.1) is 0 Å². The number of hydrazone groups is 1. The Morgan fingerprint density at radius 1 is 1.41 bits per heavy atom.